The van der Waals surface area contributed by atoms with Gasteiger partial charge in [-0.3, -0.25) is 9.78 Å². The van der Waals surface area contributed by atoms with Crippen molar-refractivity contribution in [2.24, 2.45) is 0 Å². The number of hydrogen-bond donors (Lipinski definition) is 1. The van der Waals surface area contributed by atoms with Crippen molar-refractivity contribution >= 4 is 11.8 Å². The van der Waals surface area contributed by atoms with Gasteiger partial charge >= 0.3 is 5.97 Å². The predicted octanol–water partition coefficient (Wildman–Crippen LogP) is 5.19. The fraction of sp³-hybridized carbons (Fsp3) is 0.400. The summed E-state index contributed by atoms with van der Waals surface area (Å²) in [7, 11) is 0. The summed E-state index contributed by atoms with van der Waals surface area (Å²) in [5.74, 6) is 0.0856. The molecule has 1 N–H and O–H groups in total. The number of hydrogen-bond acceptors (Lipinski definition) is 5. The molecule has 1 aromatic carbocycles. The maximum atomic E-state index is 12.4. The van der Waals surface area contributed by atoms with E-state index in [1.54, 1.807) is 12.3 Å². The minimum absolute atomic E-state index is 0.00317. The smallest absolute Gasteiger partial charge is 0.337 e. The van der Waals surface area contributed by atoms with Crippen LogP contribution in [0.3, 0.4) is 0 Å². The van der Waals surface area contributed by atoms with Crippen molar-refractivity contribution in [2.45, 2.75) is 65.3 Å². The summed E-state index contributed by atoms with van der Waals surface area (Å²) in [6.45, 7) is 4.96. The Balaban J connectivity index is 1.82. The lowest BCUT2D eigenvalue weighted by Crippen LogP contribution is -2.07. The molecular weight excluding hydrogens is 404 g/mol. The fourth-order valence-electron chi connectivity index (χ4n) is 3.56. The molecule has 3 rings (SSSR count). The first kappa shape index (κ1) is 23.3. The van der Waals surface area contributed by atoms with E-state index in [-0.39, 0.29) is 11.3 Å². The van der Waals surface area contributed by atoms with Crippen molar-refractivity contribution in [3.05, 3.63) is 65.5 Å². The number of pyridine rings is 1. The van der Waals surface area contributed by atoms with Crippen LogP contribution in [-0.4, -0.2) is 36.6 Å². The molecule has 0 atom stereocenters. The second kappa shape index (κ2) is 11.3. The Morgan fingerprint density at radius 2 is 1.75 bits per heavy atom. The van der Waals surface area contributed by atoms with Crippen LogP contribution in [0.25, 0.3) is 11.1 Å². The van der Waals surface area contributed by atoms with Gasteiger partial charge in [-0.25, -0.2) is 14.5 Å². The van der Waals surface area contributed by atoms with Gasteiger partial charge in [0.2, 0.25) is 11.6 Å². The number of carboxylic acids is 1. The monoisotopic (exact) mass is 434 g/mol. The zero-order valence-corrected chi connectivity index (χ0v) is 18.8. The molecule has 168 valence electrons. The highest BCUT2D eigenvalue weighted by atomic mass is 16.4. The van der Waals surface area contributed by atoms with Crippen LogP contribution in [0.1, 0.15) is 84.7 Å². The molecule has 7 nitrogen and oxygen atoms in total. The summed E-state index contributed by atoms with van der Waals surface area (Å²) in [5.41, 5.74) is 2.64. The first-order valence-electron chi connectivity index (χ1n) is 11.3. The Morgan fingerprint density at radius 1 is 1.00 bits per heavy atom. The minimum atomic E-state index is -1.00. The highest BCUT2D eigenvalue weighted by Crippen LogP contribution is 2.24. The summed E-state index contributed by atoms with van der Waals surface area (Å²) in [4.78, 5) is 32.4. The van der Waals surface area contributed by atoms with Crippen molar-refractivity contribution < 1.29 is 14.7 Å². The van der Waals surface area contributed by atoms with Crippen molar-refractivity contribution in [3.63, 3.8) is 0 Å². The first-order valence-corrected chi connectivity index (χ1v) is 11.3. The van der Waals surface area contributed by atoms with Gasteiger partial charge in [0.15, 0.2) is 0 Å². The zero-order valence-electron chi connectivity index (χ0n) is 18.8. The third-order valence-electron chi connectivity index (χ3n) is 5.41. The lowest BCUT2D eigenvalue weighted by molar-refractivity contribution is 0.0697. The normalized spacial score (nSPS) is 10.9. The zero-order chi connectivity index (χ0) is 22.9. The second-order valence-corrected chi connectivity index (χ2v) is 7.91. The van der Waals surface area contributed by atoms with Crippen molar-refractivity contribution in [2.75, 3.05) is 0 Å². The van der Waals surface area contributed by atoms with Crippen LogP contribution in [0.5, 0.6) is 0 Å². The van der Waals surface area contributed by atoms with Gasteiger partial charge in [-0.05, 0) is 35.6 Å². The quantitative estimate of drug-likeness (QED) is 0.311. The van der Waals surface area contributed by atoms with E-state index in [0.717, 1.165) is 55.6 Å². The lowest BCUT2D eigenvalue weighted by atomic mass is 10.00. The maximum Gasteiger partial charge on any atom is 0.337 e. The van der Waals surface area contributed by atoms with E-state index in [1.165, 1.54) is 6.20 Å². The molecule has 3 aromatic rings. The van der Waals surface area contributed by atoms with Crippen molar-refractivity contribution in [1.82, 2.24) is 19.7 Å². The van der Waals surface area contributed by atoms with E-state index in [9.17, 15) is 14.7 Å². The molecule has 0 bridgehead atoms. The van der Waals surface area contributed by atoms with E-state index >= 15 is 0 Å². The number of carbonyl (C=O) groups excluding carboxylic acids is 1. The number of aromatic nitrogens is 4. The first-order chi connectivity index (χ1) is 15.5. The van der Waals surface area contributed by atoms with E-state index in [0.29, 0.717) is 24.2 Å². The van der Waals surface area contributed by atoms with Crippen LogP contribution in [0.4, 0.5) is 0 Å². The summed E-state index contributed by atoms with van der Waals surface area (Å²) >= 11 is 0. The predicted molar refractivity (Wildman–Crippen MR) is 123 cm³/mol. The number of aromatic carboxylic acids is 1. The van der Waals surface area contributed by atoms with Gasteiger partial charge in [-0.15, -0.1) is 5.10 Å². The van der Waals surface area contributed by atoms with Crippen LogP contribution in [0.15, 0.2) is 42.7 Å². The molecule has 2 aromatic heterocycles. The Hall–Kier alpha value is -3.35. The minimum Gasteiger partial charge on any atom is -0.478 e. The molecule has 0 spiro atoms. The molecule has 2 heterocycles. The van der Waals surface area contributed by atoms with Crippen molar-refractivity contribution in [3.8, 4) is 11.1 Å². The molecule has 0 aliphatic heterocycles. The Bertz CT molecular complexity index is 1060. The maximum absolute atomic E-state index is 12.4. The summed E-state index contributed by atoms with van der Waals surface area (Å²) in [6.07, 6.45) is 8.99. The third kappa shape index (κ3) is 5.87. The average molecular weight is 435 g/mol. The van der Waals surface area contributed by atoms with Gasteiger partial charge in [0.05, 0.1) is 5.56 Å². The fourth-order valence-corrected chi connectivity index (χ4v) is 3.56. The number of Topliss-reactive ketones (excluding diaryl/α,β-unsaturated/α-hetero) is 1. The lowest BCUT2D eigenvalue weighted by Gasteiger charge is -2.08. The van der Waals surface area contributed by atoms with Gasteiger partial charge in [-0.1, -0.05) is 57.4 Å². The number of ketones is 1. The Kier molecular flexibility index (Phi) is 8.25. The number of carbonyl (C=O) groups is 2. The molecule has 32 heavy (non-hydrogen) atoms. The number of nitrogens with zero attached hydrogens (tertiary/aromatic N) is 4. The van der Waals surface area contributed by atoms with Crippen LogP contribution < -0.4 is 0 Å². The van der Waals surface area contributed by atoms with E-state index in [1.807, 2.05) is 28.9 Å². The van der Waals surface area contributed by atoms with Gasteiger partial charge < -0.3 is 5.11 Å². The standard InChI is InChI=1S/C25H30N4O3/c1-3-5-7-15-29-23(27-24(28-29)22(30)8-6-4-2)16-18-9-11-19(12-10-18)20-13-14-26-17-21(20)25(31)32/h9-14,17H,3-8,15-16H2,1-2H3,(H,31,32). The summed E-state index contributed by atoms with van der Waals surface area (Å²) in [6, 6.07) is 9.44. The number of aryl methyl sites for hydroxylation is 1. The Morgan fingerprint density at radius 3 is 2.44 bits per heavy atom. The van der Waals surface area contributed by atoms with Crippen LogP contribution in [0, 0.1) is 0 Å². The van der Waals surface area contributed by atoms with Gasteiger partial charge in [0, 0.05) is 31.8 Å². The number of rotatable bonds is 12. The topological polar surface area (TPSA) is 98.0 Å². The highest BCUT2D eigenvalue weighted by molar-refractivity contribution is 5.95. The summed E-state index contributed by atoms with van der Waals surface area (Å²) < 4.78 is 1.87. The Labute approximate surface area is 188 Å². The van der Waals surface area contributed by atoms with E-state index in [4.69, 9.17) is 0 Å². The number of benzene rings is 1. The second-order valence-electron chi connectivity index (χ2n) is 7.91. The number of carboxylic acid groups (broad SMARTS) is 1. The molecule has 7 heteroatoms. The molecular formula is C25H30N4O3. The molecule has 0 unspecified atom stereocenters. The average Bonchev–Trinajstić information content (AvgIpc) is 3.20. The van der Waals surface area contributed by atoms with Gasteiger partial charge in [0.25, 0.3) is 0 Å². The van der Waals surface area contributed by atoms with Crippen LogP contribution in [0.2, 0.25) is 0 Å². The molecule has 0 radical (unpaired) electrons. The van der Waals surface area contributed by atoms with E-state index in [2.05, 4.69) is 28.9 Å². The summed E-state index contributed by atoms with van der Waals surface area (Å²) in [5, 5.41) is 13.9. The van der Waals surface area contributed by atoms with Crippen LogP contribution in [-0.2, 0) is 13.0 Å². The van der Waals surface area contributed by atoms with Gasteiger partial charge in [-0.2, -0.15) is 0 Å². The SMILES string of the molecule is CCCCCn1nc(C(=O)CCCC)nc1Cc1ccc(-c2ccncc2C(=O)O)cc1. The van der Waals surface area contributed by atoms with Crippen molar-refractivity contribution in [1.29, 1.82) is 0 Å². The molecule has 0 fully saturated rings. The van der Waals surface area contributed by atoms with E-state index < -0.39 is 5.97 Å². The molecule has 0 aliphatic carbocycles. The molecule has 0 saturated heterocycles. The highest BCUT2D eigenvalue weighted by Gasteiger charge is 2.17. The van der Waals surface area contributed by atoms with Gasteiger partial charge in [0.1, 0.15) is 5.82 Å². The third-order valence-corrected chi connectivity index (χ3v) is 5.41. The largest absolute Gasteiger partial charge is 0.478 e. The molecule has 0 amide bonds. The van der Waals surface area contributed by atoms with Crippen LogP contribution >= 0.6 is 0 Å². The number of unbranched alkanes of at least 4 members (excludes halogenated alkanes) is 3. The molecule has 0 aliphatic rings. The molecule has 0 saturated carbocycles.